The quantitative estimate of drug-likeness (QED) is 0.682. The number of nitrogens with zero attached hydrogens (tertiary/aromatic N) is 3. The molecule has 1 saturated heterocycles. The zero-order valence-electron chi connectivity index (χ0n) is 14.6. The van der Waals surface area contributed by atoms with E-state index in [9.17, 15) is 14.4 Å². The van der Waals surface area contributed by atoms with E-state index < -0.39 is 5.60 Å². The molecule has 0 aromatic carbocycles. The summed E-state index contributed by atoms with van der Waals surface area (Å²) >= 11 is 0. The largest absolute Gasteiger partial charge is 0.444 e. The van der Waals surface area contributed by atoms with Crippen LogP contribution in [0.25, 0.3) is 0 Å². The third-order valence-corrected chi connectivity index (χ3v) is 4.56. The van der Waals surface area contributed by atoms with Gasteiger partial charge in [-0.25, -0.2) is 14.8 Å². The Morgan fingerprint density at radius 2 is 1.42 bits per heavy atom. The predicted molar refractivity (Wildman–Crippen MR) is 86.7 cm³/mol. The van der Waals surface area contributed by atoms with Crippen molar-refractivity contribution in [2.24, 2.45) is 0 Å². The van der Waals surface area contributed by atoms with Crippen molar-refractivity contribution >= 4 is 17.9 Å². The molecule has 2 heterocycles. The predicted octanol–water partition coefficient (Wildman–Crippen LogP) is 1.69. The van der Waals surface area contributed by atoms with E-state index in [4.69, 9.17) is 4.74 Å². The first kappa shape index (κ1) is 17.0. The van der Waals surface area contributed by atoms with Crippen molar-refractivity contribution in [1.29, 1.82) is 0 Å². The highest BCUT2D eigenvalue weighted by molar-refractivity contribution is 6.19. The van der Waals surface area contributed by atoms with Gasteiger partial charge in [0.15, 0.2) is 0 Å². The van der Waals surface area contributed by atoms with Crippen molar-refractivity contribution < 1.29 is 19.1 Å². The molecule has 3 amide bonds. The second-order valence-electron chi connectivity index (χ2n) is 7.51. The molecule has 3 aliphatic rings. The van der Waals surface area contributed by atoms with Crippen LogP contribution in [0.15, 0.2) is 11.1 Å². The first-order valence-corrected chi connectivity index (χ1v) is 8.61. The summed E-state index contributed by atoms with van der Waals surface area (Å²) in [6, 6.07) is 0. The lowest BCUT2D eigenvalue weighted by Gasteiger charge is -2.38. The number of ether oxygens (including phenoxy) is 1. The topological polar surface area (TPSA) is 70.2 Å². The smallest absolute Gasteiger partial charge is 0.410 e. The van der Waals surface area contributed by atoms with E-state index in [1.807, 2.05) is 20.8 Å². The Kier molecular flexibility index (Phi) is 4.38. The van der Waals surface area contributed by atoms with Gasteiger partial charge in [-0.1, -0.05) is 0 Å². The van der Waals surface area contributed by atoms with Gasteiger partial charge in [0.25, 0.3) is 11.8 Å². The number of hydrogen-bond acceptors (Lipinski definition) is 5. The van der Waals surface area contributed by atoms with E-state index in [2.05, 4.69) is 0 Å². The molecule has 0 aromatic rings. The van der Waals surface area contributed by atoms with Crippen molar-refractivity contribution in [3.8, 4) is 0 Å². The molecule has 2 aliphatic heterocycles. The minimum Gasteiger partial charge on any atom is -0.444 e. The molecule has 0 atom stereocenters. The molecular weight excluding hydrogens is 310 g/mol. The number of carbonyl (C=O) groups excluding carboxylic acids is 3. The van der Waals surface area contributed by atoms with E-state index in [-0.39, 0.29) is 17.9 Å². The number of rotatable bonds is 1. The number of hydrazine groups is 1. The first-order chi connectivity index (χ1) is 11.3. The van der Waals surface area contributed by atoms with Crippen molar-refractivity contribution in [2.45, 2.75) is 52.1 Å². The molecule has 0 unspecified atom stereocenters. The van der Waals surface area contributed by atoms with E-state index in [0.717, 1.165) is 12.8 Å². The first-order valence-electron chi connectivity index (χ1n) is 8.61. The summed E-state index contributed by atoms with van der Waals surface area (Å²) in [7, 11) is 0. The third-order valence-electron chi connectivity index (χ3n) is 4.56. The average Bonchev–Trinajstić information content (AvgIpc) is 2.78. The molecule has 132 valence electrons. The van der Waals surface area contributed by atoms with Gasteiger partial charge in [0.1, 0.15) is 5.60 Å². The van der Waals surface area contributed by atoms with Gasteiger partial charge in [0, 0.05) is 37.3 Å². The van der Waals surface area contributed by atoms with Crippen molar-refractivity contribution in [1.82, 2.24) is 14.9 Å². The molecule has 1 aliphatic carbocycles. The highest BCUT2D eigenvalue weighted by Gasteiger charge is 2.43. The van der Waals surface area contributed by atoms with Gasteiger partial charge < -0.3 is 9.64 Å². The number of hydrogen-bond donors (Lipinski definition) is 0. The van der Waals surface area contributed by atoms with E-state index in [1.54, 1.807) is 9.91 Å². The highest BCUT2D eigenvalue weighted by Crippen LogP contribution is 2.33. The number of carbonyl (C=O) groups is 3. The molecule has 0 spiro atoms. The second-order valence-corrected chi connectivity index (χ2v) is 7.51. The van der Waals surface area contributed by atoms with Crippen LogP contribution in [0.1, 0.15) is 46.5 Å². The van der Waals surface area contributed by atoms with Gasteiger partial charge in [-0.05, 0) is 46.5 Å². The van der Waals surface area contributed by atoms with Crippen LogP contribution in [-0.2, 0) is 14.3 Å². The fraction of sp³-hybridized carbons (Fsp3) is 0.706. The van der Waals surface area contributed by atoms with Crippen LogP contribution in [0.4, 0.5) is 4.79 Å². The van der Waals surface area contributed by atoms with Crippen LogP contribution in [0.3, 0.4) is 0 Å². The molecule has 0 saturated carbocycles. The van der Waals surface area contributed by atoms with Crippen LogP contribution in [0.2, 0.25) is 0 Å². The maximum atomic E-state index is 12.6. The standard InChI is InChI=1S/C17H25N3O4/c1-17(2,3)24-16(23)18-8-10-19(11-9-18)20-14(21)12-6-4-5-7-13(12)15(20)22/h4-11H2,1-3H3. The van der Waals surface area contributed by atoms with Crippen LogP contribution in [0, 0.1) is 0 Å². The summed E-state index contributed by atoms with van der Waals surface area (Å²) in [6.07, 6.45) is 3.00. The SMILES string of the molecule is CC(C)(C)OC(=O)N1CCN(N2C(=O)C3=C(CCCC3)C2=O)CC1. The zero-order valence-corrected chi connectivity index (χ0v) is 14.6. The lowest BCUT2D eigenvalue weighted by atomic mass is 9.93. The summed E-state index contributed by atoms with van der Waals surface area (Å²) in [4.78, 5) is 38.8. The van der Waals surface area contributed by atoms with Crippen LogP contribution in [0.5, 0.6) is 0 Å². The van der Waals surface area contributed by atoms with Crippen molar-refractivity contribution in [3.63, 3.8) is 0 Å². The van der Waals surface area contributed by atoms with Crippen LogP contribution >= 0.6 is 0 Å². The Bertz CT molecular complexity index is 569. The molecular formula is C17H25N3O4. The fourth-order valence-corrected chi connectivity index (χ4v) is 3.39. The minimum atomic E-state index is -0.530. The van der Waals surface area contributed by atoms with Gasteiger partial charge in [-0.2, -0.15) is 0 Å². The van der Waals surface area contributed by atoms with Crippen LogP contribution in [-0.4, -0.2) is 64.6 Å². The monoisotopic (exact) mass is 335 g/mol. The molecule has 3 rings (SSSR count). The van der Waals surface area contributed by atoms with Gasteiger partial charge in [-0.3, -0.25) is 9.59 Å². The van der Waals surface area contributed by atoms with Gasteiger partial charge in [0.05, 0.1) is 0 Å². The Morgan fingerprint density at radius 3 is 1.88 bits per heavy atom. The molecule has 1 fully saturated rings. The molecule has 7 heteroatoms. The molecule has 0 bridgehead atoms. The highest BCUT2D eigenvalue weighted by atomic mass is 16.6. The van der Waals surface area contributed by atoms with Crippen molar-refractivity contribution in [3.05, 3.63) is 11.1 Å². The molecule has 24 heavy (non-hydrogen) atoms. The Hall–Kier alpha value is -1.89. The van der Waals surface area contributed by atoms with Gasteiger partial charge in [0.2, 0.25) is 0 Å². The van der Waals surface area contributed by atoms with E-state index in [1.165, 1.54) is 5.01 Å². The van der Waals surface area contributed by atoms with Crippen molar-refractivity contribution in [2.75, 3.05) is 26.2 Å². The van der Waals surface area contributed by atoms with Gasteiger partial charge in [-0.15, -0.1) is 0 Å². The Balaban J connectivity index is 1.61. The average molecular weight is 335 g/mol. The summed E-state index contributed by atoms with van der Waals surface area (Å²) in [5.74, 6) is -0.333. The lowest BCUT2D eigenvalue weighted by molar-refractivity contribution is -0.158. The Labute approximate surface area is 142 Å². The normalized spacial score (nSPS) is 23.0. The zero-order chi connectivity index (χ0) is 17.5. The maximum absolute atomic E-state index is 12.6. The summed E-state index contributed by atoms with van der Waals surface area (Å²) in [5, 5.41) is 3.06. The van der Waals surface area contributed by atoms with E-state index >= 15 is 0 Å². The number of imide groups is 1. The number of amides is 3. The second kappa shape index (κ2) is 6.20. The molecule has 7 nitrogen and oxygen atoms in total. The fourth-order valence-electron chi connectivity index (χ4n) is 3.39. The summed E-state index contributed by atoms with van der Waals surface area (Å²) < 4.78 is 5.37. The minimum absolute atomic E-state index is 0.166. The molecule has 0 radical (unpaired) electrons. The lowest BCUT2D eigenvalue weighted by Crippen LogP contribution is -2.57. The third kappa shape index (κ3) is 3.17. The Morgan fingerprint density at radius 1 is 0.917 bits per heavy atom. The molecule has 0 aromatic heterocycles. The number of piperazine rings is 1. The van der Waals surface area contributed by atoms with Crippen LogP contribution < -0.4 is 0 Å². The summed E-state index contributed by atoms with van der Waals surface area (Å²) in [6.45, 7) is 7.29. The summed E-state index contributed by atoms with van der Waals surface area (Å²) in [5.41, 5.74) is 0.861. The maximum Gasteiger partial charge on any atom is 0.410 e. The molecule has 0 N–H and O–H groups in total. The van der Waals surface area contributed by atoms with E-state index in [0.29, 0.717) is 50.2 Å². The van der Waals surface area contributed by atoms with Gasteiger partial charge >= 0.3 is 6.09 Å².